The Labute approximate surface area is 162 Å². The zero-order valence-electron chi connectivity index (χ0n) is 15.8. The van der Waals surface area contributed by atoms with Crippen LogP contribution < -0.4 is 5.32 Å². The maximum atomic E-state index is 12.8. The quantitative estimate of drug-likeness (QED) is 0.817. The van der Waals surface area contributed by atoms with Crippen LogP contribution in [0, 0.1) is 6.92 Å². The molecule has 2 amide bonds. The minimum atomic E-state index is -1.14. The second-order valence-corrected chi connectivity index (χ2v) is 6.44. The van der Waals surface area contributed by atoms with Crippen LogP contribution in [0.15, 0.2) is 28.7 Å². The average Bonchev–Trinajstić information content (AvgIpc) is 3.15. The van der Waals surface area contributed by atoms with Gasteiger partial charge in [-0.15, -0.1) is 0 Å². The third-order valence-electron chi connectivity index (χ3n) is 4.70. The molecule has 0 aliphatic carbocycles. The molecule has 0 bridgehead atoms. The van der Waals surface area contributed by atoms with Gasteiger partial charge < -0.3 is 24.5 Å². The summed E-state index contributed by atoms with van der Waals surface area (Å²) in [7, 11) is 0. The van der Waals surface area contributed by atoms with E-state index in [9.17, 15) is 19.5 Å². The molecule has 2 N–H and O–H groups in total. The fourth-order valence-electron chi connectivity index (χ4n) is 3.11. The van der Waals surface area contributed by atoms with Crippen LogP contribution in [0.5, 0.6) is 0 Å². The molecule has 8 nitrogen and oxygen atoms in total. The number of aromatic carboxylic acids is 1. The Morgan fingerprint density at radius 2 is 1.89 bits per heavy atom. The summed E-state index contributed by atoms with van der Waals surface area (Å²) in [5.41, 5.74) is 1.57. The number of carboxylic acid groups (broad SMARTS) is 1. The highest BCUT2D eigenvalue weighted by Crippen LogP contribution is 2.23. The summed E-state index contributed by atoms with van der Waals surface area (Å²) in [5.74, 6) is -1.67. The lowest BCUT2D eigenvalue weighted by Crippen LogP contribution is -2.41. The summed E-state index contributed by atoms with van der Waals surface area (Å²) in [6.45, 7) is 5.57. The number of hydrogen-bond acceptors (Lipinski definition) is 5. The molecule has 2 aromatic rings. The molecule has 0 unspecified atom stereocenters. The first kappa shape index (κ1) is 19.6. The Hall–Kier alpha value is -3.13. The lowest BCUT2D eigenvalue weighted by Gasteiger charge is -2.27. The van der Waals surface area contributed by atoms with Crippen molar-refractivity contribution in [3.8, 4) is 0 Å². The van der Waals surface area contributed by atoms with Crippen LogP contribution >= 0.6 is 0 Å². The molecule has 1 fully saturated rings. The van der Waals surface area contributed by atoms with Crippen molar-refractivity contribution in [3.05, 3.63) is 52.5 Å². The van der Waals surface area contributed by atoms with Gasteiger partial charge >= 0.3 is 5.97 Å². The number of nitrogens with zero attached hydrogens (tertiary/aromatic N) is 1. The van der Waals surface area contributed by atoms with Gasteiger partial charge in [-0.2, -0.15) is 0 Å². The van der Waals surface area contributed by atoms with E-state index in [0.29, 0.717) is 49.5 Å². The first-order valence-corrected chi connectivity index (χ1v) is 9.06. The smallest absolute Gasteiger partial charge is 0.339 e. The number of carboxylic acids is 1. The van der Waals surface area contributed by atoms with Crippen LogP contribution in [0.25, 0.3) is 0 Å². The van der Waals surface area contributed by atoms with Gasteiger partial charge in [0, 0.05) is 36.8 Å². The van der Waals surface area contributed by atoms with E-state index in [4.69, 9.17) is 9.15 Å². The number of hydrogen-bond donors (Lipinski definition) is 2. The Bertz CT molecular complexity index is 911. The van der Waals surface area contributed by atoms with E-state index in [0.717, 1.165) is 0 Å². The van der Waals surface area contributed by atoms with Gasteiger partial charge in [0.15, 0.2) is 5.76 Å². The lowest BCUT2D eigenvalue weighted by molar-refractivity contribution is 0.0302. The minimum absolute atomic E-state index is 0.0272. The summed E-state index contributed by atoms with van der Waals surface area (Å²) in [6.07, 6.45) is 0.359. The SMILES string of the molecule is CCc1oc(C(=O)Nc2cccc(C(=O)N3CCOCC3)c2C)cc1C(=O)O. The van der Waals surface area contributed by atoms with Gasteiger partial charge in [0.25, 0.3) is 11.8 Å². The molecule has 2 heterocycles. The highest BCUT2D eigenvalue weighted by molar-refractivity contribution is 6.05. The number of furan rings is 1. The van der Waals surface area contributed by atoms with Gasteiger partial charge in [-0.1, -0.05) is 13.0 Å². The van der Waals surface area contributed by atoms with E-state index >= 15 is 0 Å². The standard InChI is InChI=1S/C20H22N2O6/c1-3-16-14(20(25)26)11-17(28-16)18(23)21-15-6-4-5-13(12(15)2)19(24)22-7-9-27-10-8-22/h4-6,11H,3,7-10H2,1-2H3,(H,21,23)(H,25,26). The maximum absolute atomic E-state index is 12.8. The largest absolute Gasteiger partial charge is 0.478 e. The van der Waals surface area contributed by atoms with E-state index in [1.54, 1.807) is 36.9 Å². The van der Waals surface area contributed by atoms with Gasteiger partial charge in [-0.3, -0.25) is 9.59 Å². The topological polar surface area (TPSA) is 109 Å². The van der Waals surface area contributed by atoms with Crippen molar-refractivity contribution in [2.24, 2.45) is 0 Å². The molecule has 28 heavy (non-hydrogen) atoms. The Kier molecular flexibility index (Phi) is 5.79. The summed E-state index contributed by atoms with van der Waals surface area (Å²) in [5, 5.41) is 11.9. The summed E-state index contributed by atoms with van der Waals surface area (Å²) in [6, 6.07) is 6.31. The van der Waals surface area contributed by atoms with E-state index in [1.807, 2.05) is 0 Å². The van der Waals surface area contributed by atoms with Crippen molar-refractivity contribution >= 4 is 23.5 Å². The third-order valence-corrected chi connectivity index (χ3v) is 4.70. The maximum Gasteiger partial charge on any atom is 0.339 e. The highest BCUT2D eigenvalue weighted by Gasteiger charge is 2.23. The Morgan fingerprint density at radius 1 is 1.18 bits per heavy atom. The first-order valence-electron chi connectivity index (χ1n) is 9.06. The van der Waals surface area contributed by atoms with E-state index in [1.165, 1.54) is 6.07 Å². The minimum Gasteiger partial charge on any atom is -0.478 e. The van der Waals surface area contributed by atoms with Crippen LogP contribution in [0.3, 0.4) is 0 Å². The van der Waals surface area contributed by atoms with Gasteiger partial charge in [0.1, 0.15) is 11.3 Å². The van der Waals surface area contributed by atoms with Gasteiger partial charge in [0.05, 0.1) is 13.2 Å². The molecular weight excluding hydrogens is 364 g/mol. The van der Waals surface area contributed by atoms with Crippen molar-refractivity contribution in [1.82, 2.24) is 4.90 Å². The number of ether oxygens (including phenoxy) is 1. The monoisotopic (exact) mass is 386 g/mol. The molecule has 1 aromatic carbocycles. The summed E-state index contributed by atoms with van der Waals surface area (Å²) < 4.78 is 10.7. The fourth-order valence-corrected chi connectivity index (χ4v) is 3.11. The van der Waals surface area contributed by atoms with E-state index in [-0.39, 0.29) is 23.0 Å². The molecule has 3 rings (SSSR count). The molecule has 0 saturated carbocycles. The van der Waals surface area contributed by atoms with Gasteiger partial charge in [-0.25, -0.2) is 4.79 Å². The molecule has 8 heteroatoms. The molecule has 1 saturated heterocycles. The van der Waals surface area contributed by atoms with Crippen LogP contribution in [-0.2, 0) is 11.2 Å². The fraction of sp³-hybridized carbons (Fsp3) is 0.350. The first-order chi connectivity index (χ1) is 13.4. The number of rotatable bonds is 5. The number of nitrogens with one attached hydrogen (secondary N) is 1. The Balaban J connectivity index is 1.82. The Morgan fingerprint density at radius 3 is 2.50 bits per heavy atom. The number of morpholine rings is 1. The molecule has 0 atom stereocenters. The molecule has 0 spiro atoms. The van der Waals surface area contributed by atoms with Crippen LogP contribution in [0.2, 0.25) is 0 Å². The predicted molar refractivity (Wildman–Crippen MR) is 101 cm³/mol. The predicted octanol–water partition coefficient (Wildman–Crippen LogP) is 2.57. The van der Waals surface area contributed by atoms with Crippen molar-refractivity contribution in [2.75, 3.05) is 31.6 Å². The number of aryl methyl sites for hydroxylation is 1. The van der Waals surface area contributed by atoms with E-state index < -0.39 is 11.9 Å². The lowest BCUT2D eigenvalue weighted by atomic mass is 10.0. The van der Waals surface area contributed by atoms with Crippen LogP contribution in [0.4, 0.5) is 5.69 Å². The second-order valence-electron chi connectivity index (χ2n) is 6.44. The number of benzene rings is 1. The zero-order valence-corrected chi connectivity index (χ0v) is 15.8. The number of carbonyl (C=O) groups excluding carboxylic acids is 2. The van der Waals surface area contributed by atoms with Crippen LogP contribution in [0.1, 0.15) is 49.5 Å². The van der Waals surface area contributed by atoms with Crippen molar-refractivity contribution in [1.29, 1.82) is 0 Å². The molecular formula is C20H22N2O6. The normalized spacial score (nSPS) is 14.0. The molecule has 1 aliphatic heterocycles. The highest BCUT2D eigenvalue weighted by atomic mass is 16.5. The second kappa shape index (κ2) is 8.26. The summed E-state index contributed by atoms with van der Waals surface area (Å²) in [4.78, 5) is 38.3. The summed E-state index contributed by atoms with van der Waals surface area (Å²) >= 11 is 0. The van der Waals surface area contributed by atoms with E-state index in [2.05, 4.69) is 5.32 Å². The van der Waals surface area contributed by atoms with Crippen molar-refractivity contribution < 1.29 is 28.6 Å². The molecule has 1 aromatic heterocycles. The van der Waals surface area contributed by atoms with Gasteiger partial charge in [0.2, 0.25) is 0 Å². The van der Waals surface area contributed by atoms with Gasteiger partial charge in [-0.05, 0) is 24.6 Å². The van der Waals surface area contributed by atoms with Crippen molar-refractivity contribution in [3.63, 3.8) is 0 Å². The average molecular weight is 386 g/mol. The third kappa shape index (κ3) is 3.91. The number of amides is 2. The number of carbonyl (C=O) groups is 3. The molecule has 148 valence electrons. The van der Waals surface area contributed by atoms with Crippen molar-refractivity contribution in [2.45, 2.75) is 20.3 Å². The zero-order chi connectivity index (χ0) is 20.3. The number of anilines is 1. The molecule has 0 radical (unpaired) electrons. The van der Waals surface area contributed by atoms with Crippen LogP contribution in [-0.4, -0.2) is 54.1 Å². The molecule has 1 aliphatic rings.